The summed E-state index contributed by atoms with van der Waals surface area (Å²) in [6.07, 6.45) is 5.49. The van der Waals surface area contributed by atoms with E-state index in [4.69, 9.17) is 4.42 Å². The van der Waals surface area contributed by atoms with Crippen LogP contribution in [0.15, 0.2) is 247 Å². The molecular formula is C68H51NO. The van der Waals surface area contributed by atoms with E-state index in [1.165, 1.54) is 98.0 Å². The Morgan fingerprint density at radius 3 is 1.76 bits per heavy atom. The van der Waals surface area contributed by atoms with E-state index in [1.54, 1.807) is 0 Å². The molecule has 14 rings (SSSR count). The van der Waals surface area contributed by atoms with Crippen molar-refractivity contribution in [2.45, 2.75) is 37.0 Å². The fraction of sp³-hybridized carbons (Fsp3) is 0.118. The van der Waals surface area contributed by atoms with Gasteiger partial charge in [-0.2, -0.15) is 0 Å². The molecule has 70 heavy (non-hydrogen) atoms. The van der Waals surface area contributed by atoms with Gasteiger partial charge < -0.3 is 9.32 Å². The summed E-state index contributed by atoms with van der Waals surface area (Å²) >= 11 is 0. The second-order valence-corrected chi connectivity index (χ2v) is 19.9. The Kier molecular flexibility index (Phi) is 9.62. The molecule has 334 valence electrons. The van der Waals surface area contributed by atoms with E-state index < -0.39 is 5.41 Å². The molecule has 10 aromatic carbocycles. The minimum Gasteiger partial charge on any atom is -0.456 e. The van der Waals surface area contributed by atoms with E-state index >= 15 is 0 Å². The smallest absolute Gasteiger partial charge is 0.136 e. The minimum atomic E-state index is -0.649. The summed E-state index contributed by atoms with van der Waals surface area (Å²) in [7, 11) is 0. The lowest BCUT2D eigenvalue weighted by Gasteiger charge is -2.35. The molecule has 0 amide bonds. The van der Waals surface area contributed by atoms with Crippen LogP contribution < -0.4 is 4.90 Å². The van der Waals surface area contributed by atoms with Crippen molar-refractivity contribution in [2.24, 2.45) is 11.8 Å². The molecule has 3 aliphatic rings. The maximum atomic E-state index is 6.64. The zero-order valence-electron chi connectivity index (χ0n) is 39.0. The highest BCUT2D eigenvalue weighted by molar-refractivity contribution is 6.13. The molecule has 0 spiro atoms. The zero-order chi connectivity index (χ0) is 46.2. The molecule has 2 heteroatoms. The molecule has 2 bridgehead atoms. The van der Waals surface area contributed by atoms with Gasteiger partial charge in [-0.25, -0.2) is 0 Å². The van der Waals surface area contributed by atoms with Crippen LogP contribution in [-0.2, 0) is 5.41 Å². The van der Waals surface area contributed by atoms with E-state index in [0.29, 0.717) is 5.92 Å². The number of nitrogens with zero attached hydrogens (tertiary/aromatic N) is 1. The average molecular weight is 898 g/mol. The SMILES string of the molecule is c1ccc(-c2cc(-c3ccccc3)c3c(c2)C(c2ccccc2)(c2cccc(N(c4ccc(C5CC6CCC5C6)cc4)c4ccc5oc6cccc(-c7ccccc7)c6c5c4)c2)c2ccccc2-3)cc1. The summed E-state index contributed by atoms with van der Waals surface area (Å²) in [6, 6.07) is 90.1. The molecule has 2 fully saturated rings. The van der Waals surface area contributed by atoms with Gasteiger partial charge in [0.1, 0.15) is 11.2 Å². The first-order chi connectivity index (χ1) is 34.7. The largest absolute Gasteiger partial charge is 0.456 e. The molecule has 2 saturated carbocycles. The molecule has 0 saturated heterocycles. The third-order valence-corrected chi connectivity index (χ3v) is 16.2. The standard InChI is InChI=1S/C68H51NO/c1-5-17-46(18-6-1)51-41-60(48-21-9-3-10-22-48)66-58-27-13-14-29-62(58)68(63(66)42-51,52-23-11-4-12-24-52)53-25-15-26-55(43-53)69(54-35-33-49(34-36-54)59-40-45-31-32-50(59)39-45)56-37-38-64-61(44-56)67-57(28-16-30-65(67)70-64)47-19-7-2-8-20-47/h1-30,33-38,41-45,50,59H,31-32,39-40H2. The van der Waals surface area contributed by atoms with Crippen molar-refractivity contribution in [1.29, 1.82) is 0 Å². The second-order valence-electron chi connectivity index (χ2n) is 19.9. The third-order valence-electron chi connectivity index (χ3n) is 16.2. The molecule has 2 nitrogen and oxygen atoms in total. The summed E-state index contributed by atoms with van der Waals surface area (Å²) in [5.74, 6) is 2.36. The Bertz CT molecular complexity index is 3730. The van der Waals surface area contributed by atoms with Crippen LogP contribution in [-0.4, -0.2) is 0 Å². The molecular weight excluding hydrogens is 847 g/mol. The lowest BCUT2D eigenvalue weighted by molar-refractivity contribution is 0.420. The molecule has 0 aliphatic heterocycles. The lowest BCUT2D eigenvalue weighted by Crippen LogP contribution is -2.29. The Hall–Kier alpha value is -8.20. The van der Waals surface area contributed by atoms with Gasteiger partial charge in [0, 0.05) is 27.8 Å². The highest BCUT2D eigenvalue weighted by Crippen LogP contribution is 2.60. The number of fused-ring (bicyclic) bond motifs is 8. The van der Waals surface area contributed by atoms with Gasteiger partial charge >= 0.3 is 0 Å². The highest BCUT2D eigenvalue weighted by atomic mass is 16.3. The van der Waals surface area contributed by atoms with Crippen LogP contribution in [0.4, 0.5) is 17.1 Å². The summed E-state index contributed by atoms with van der Waals surface area (Å²) in [5, 5.41) is 2.24. The van der Waals surface area contributed by atoms with E-state index in [-0.39, 0.29) is 0 Å². The Morgan fingerprint density at radius 1 is 0.400 bits per heavy atom. The van der Waals surface area contributed by atoms with E-state index in [9.17, 15) is 0 Å². The van der Waals surface area contributed by atoms with Crippen LogP contribution in [0.2, 0.25) is 0 Å². The van der Waals surface area contributed by atoms with Gasteiger partial charge in [-0.05, 0) is 170 Å². The van der Waals surface area contributed by atoms with Crippen LogP contribution in [0.3, 0.4) is 0 Å². The Balaban J connectivity index is 1.01. The molecule has 11 aromatic rings. The quantitative estimate of drug-likeness (QED) is 0.144. The average Bonchev–Trinajstić information content (AvgIpc) is 4.23. The molecule has 4 unspecified atom stereocenters. The normalized spacial score (nSPS) is 18.8. The van der Waals surface area contributed by atoms with Crippen LogP contribution in [0.1, 0.15) is 59.4 Å². The highest BCUT2D eigenvalue weighted by Gasteiger charge is 2.47. The van der Waals surface area contributed by atoms with Gasteiger partial charge in [0.05, 0.1) is 5.41 Å². The van der Waals surface area contributed by atoms with Crippen LogP contribution in [0, 0.1) is 11.8 Å². The van der Waals surface area contributed by atoms with Gasteiger partial charge in [-0.3, -0.25) is 0 Å². The fourth-order valence-corrected chi connectivity index (χ4v) is 13.2. The number of furan rings is 1. The Morgan fingerprint density at radius 2 is 1.03 bits per heavy atom. The molecule has 1 heterocycles. The third kappa shape index (κ3) is 6.47. The van der Waals surface area contributed by atoms with Crippen molar-refractivity contribution in [2.75, 3.05) is 4.90 Å². The first-order valence-electron chi connectivity index (χ1n) is 25.2. The van der Waals surface area contributed by atoms with Crippen molar-refractivity contribution < 1.29 is 4.42 Å². The number of rotatable bonds is 9. The van der Waals surface area contributed by atoms with Crippen molar-refractivity contribution in [3.63, 3.8) is 0 Å². The minimum absolute atomic E-state index is 0.649. The summed E-state index contributed by atoms with van der Waals surface area (Å²) in [5.41, 5.74) is 20.7. The van der Waals surface area contributed by atoms with Crippen molar-refractivity contribution >= 4 is 39.0 Å². The van der Waals surface area contributed by atoms with Crippen molar-refractivity contribution in [1.82, 2.24) is 0 Å². The molecule has 0 radical (unpaired) electrons. The monoisotopic (exact) mass is 897 g/mol. The topological polar surface area (TPSA) is 16.4 Å². The van der Waals surface area contributed by atoms with E-state index in [2.05, 4.69) is 248 Å². The van der Waals surface area contributed by atoms with Gasteiger partial charge in [-0.15, -0.1) is 0 Å². The molecule has 0 N–H and O–H groups in total. The van der Waals surface area contributed by atoms with E-state index in [1.807, 2.05) is 0 Å². The number of hydrogen-bond donors (Lipinski definition) is 0. The van der Waals surface area contributed by atoms with Gasteiger partial charge in [0.15, 0.2) is 0 Å². The first kappa shape index (κ1) is 40.8. The zero-order valence-corrected chi connectivity index (χ0v) is 39.0. The lowest BCUT2D eigenvalue weighted by atomic mass is 9.67. The van der Waals surface area contributed by atoms with Gasteiger partial charge in [0.2, 0.25) is 0 Å². The van der Waals surface area contributed by atoms with Gasteiger partial charge in [0.25, 0.3) is 0 Å². The predicted molar refractivity (Wildman–Crippen MR) is 290 cm³/mol. The Labute approximate surface area is 410 Å². The van der Waals surface area contributed by atoms with Crippen molar-refractivity contribution in [3.8, 4) is 44.5 Å². The molecule has 3 aliphatic carbocycles. The van der Waals surface area contributed by atoms with Gasteiger partial charge in [-0.1, -0.05) is 188 Å². The predicted octanol–water partition coefficient (Wildman–Crippen LogP) is 18.3. The van der Waals surface area contributed by atoms with Crippen LogP contribution in [0.25, 0.3) is 66.4 Å². The van der Waals surface area contributed by atoms with Crippen LogP contribution in [0.5, 0.6) is 0 Å². The molecule has 4 atom stereocenters. The fourth-order valence-electron chi connectivity index (χ4n) is 13.2. The number of benzene rings is 10. The summed E-state index contributed by atoms with van der Waals surface area (Å²) < 4.78 is 6.64. The summed E-state index contributed by atoms with van der Waals surface area (Å²) in [4.78, 5) is 2.48. The van der Waals surface area contributed by atoms with Crippen LogP contribution >= 0.6 is 0 Å². The number of hydrogen-bond acceptors (Lipinski definition) is 2. The van der Waals surface area contributed by atoms with Crippen molar-refractivity contribution in [3.05, 3.63) is 270 Å². The second kappa shape index (κ2) is 16.5. The maximum Gasteiger partial charge on any atom is 0.136 e. The number of anilines is 3. The summed E-state index contributed by atoms with van der Waals surface area (Å²) in [6.45, 7) is 0. The maximum absolute atomic E-state index is 6.64. The van der Waals surface area contributed by atoms with E-state index in [0.717, 1.165) is 50.8 Å². The first-order valence-corrected chi connectivity index (χ1v) is 25.2. The molecule has 1 aromatic heterocycles.